The van der Waals surface area contributed by atoms with Gasteiger partial charge >= 0.3 is 0 Å². The molecular formula is C43H45N5O6. The highest BCUT2D eigenvalue weighted by molar-refractivity contribution is 6.08. The zero-order chi connectivity index (χ0) is 37.6. The number of aliphatic hydroxyl groups excluding tert-OH is 1. The molecule has 1 saturated heterocycles. The van der Waals surface area contributed by atoms with Crippen molar-refractivity contribution in [3.05, 3.63) is 126 Å². The smallest absolute Gasteiger partial charge is 0.269 e. The third-order valence-electron chi connectivity index (χ3n) is 11.6. The van der Waals surface area contributed by atoms with Gasteiger partial charge in [0.25, 0.3) is 11.8 Å². The maximum absolute atomic E-state index is 15.2. The minimum atomic E-state index is -1.23. The van der Waals surface area contributed by atoms with Gasteiger partial charge in [-0.05, 0) is 65.4 Å². The molecule has 11 heteroatoms. The molecule has 0 radical (unpaired) electrons. The number of benzene rings is 4. The quantitative estimate of drug-likeness (QED) is 0.168. The number of hydrogen-bond donors (Lipinski definition) is 1. The second kappa shape index (κ2) is 14.0. The lowest BCUT2D eigenvalue weighted by atomic mass is 9.63. The van der Waals surface area contributed by atoms with E-state index >= 15 is 4.79 Å². The molecule has 3 aliphatic rings. The fraction of sp³-hybridized carbons (Fsp3) is 0.349. The summed E-state index contributed by atoms with van der Waals surface area (Å²) < 4.78 is 20.2. The van der Waals surface area contributed by atoms with Gasteiger partial charge in [-0.1, -0.05) is 80.6 Å². The predicted molar refractivity (Wildman–Crippen MR) is 204 cm³/mol. The van der Waals surface area contributed by atoms with Crippen molar-refractivity contribution in [2.24, 2.45) is 11.8 Å². The molecule has 0 aliphatic carbocycles. The van der Waals surface area contributed by atoms with Crippen LogP contribution in [0.4, 0.5) is 17.1 Å². The van der Waals surface area contributed by atoms with Crippen LogP contribution in [0.1, 0.15) is 49.6 Å². The summed E-state index contributed by atoms with van der Waals surface area (Å²) in [5, 5.41) is 18.0. The molecule has 11 nitrogen and oxygen atoms in total. The van der Waals surface area contributed by atoms with Gasteiger partial charge in [-0.15, -0.1) is 5.10 Å². The number of ether oxygens (including phenoxy) is 3. The van der Waals surface area contributed by atoms with Crippen LogP contribution in [0.2, 0.25) is 0 Å². The van der Waals surface area contributed by atoms with Crippen LogP contribution in [0.15, 0.2) is 103 Å². The van der Waals surface area contributed by atoms with Crippen molar-refractivity contribution in [3.8, 4) is 11.5 Å². The van der Waals surface area contributed by atoms with Crippen molar-refractivity contribution >= 4 is 28.9 Å². The SMILES string of the molecule is COc1ccc(C(C)(C)[C@H]2[C@H](CCn3cc(CCO)nn3)O[C@@]3(C(=O)N(Cc4cccc(N5C(=O)COc6ccccc65)c4)c4ccccc43)[C@@H]2C)cc1. The minimum Gasteiger partial charge on any atom is -0.497 e. The van der Waals surface area contributed by atoms with Gasteiger partial charge in [-0.25, -0.2) is 0 Å². The Morgan fingerprint density at radius 1 is 0.963 bits per heavy atom. The van der Waals surface area contributed by atoms with Gasteiger partial charge in [0, 0.05) is 48.9 Å². The lowest BCUT2D eigenvalue weighted by Gasteiger charge is -2.38. The number of aryl methyl sites for hydroxylation is 1. The summed E-state index contributed by atoms with van der Waals surface area (Å²) in [5.41, 5.74) is 4.19. The number of anilines is 3. The molecule has 1 aromatic heterocycles. The number of amides is 2. The number of rotatable bonds is 11. The third-order valence-corrected chi connectivity index (χ3v) is 11.6. The molecule has 1 N–H and O–H groups in total. The van der Waals surface area contributed by atoms with Gasteiger partial charge in [-0.2, -0.15) is 0 Å². The Morgan fingerprint density at radius 2 is 1.72 bits per heavy atom. The van der Waals surface area contributed by atoms with Crippen molar-refractivity contribution in [2.75, 3.05) is 30.1 Å². The number of aliphatic hydroxyl groups is 1. The molecule has 0 saturated carbocycles. The number of carbonyl (C=O) groups excluding carboxylic acids is 2. The number of nitrogens with zero attached hydrogens (tertiary/aromatic N) is 5. The van der Waals surface area contributed by atoms with Crippen LogP contribution in [-0.4, -0.2) is 58.3 Å². The van der Waals surface area contributed by atoms with E-state index in [2.05, 4.69) is 43.2 Å². The minimum absolute atomic E-state index is 0.00417. The molecule has 4 aromatic carbocycles. The molecule has 1 spiro atoms. The average Bonchev–Trinajstić information content (AvgIpc) is 3.84. The first-order valence-electron chi connectivity index (χ1n) is 18.5. The molecule has 3 aliphatic heterocycles. The molecule has 1 fully saturated rings. The molecule has 278 valence electrons. The first-order valence-corrected chi connectivity index (χ1v) is 18.5. The van der Waals surface area contributed by atoms with Crippen molar-refractivity contribution in [1.29, 1.82) is 0 Å². The first-order chi connectivity index (χ1) is 26.1. The summed E-state index contributed by atoms with van der Waals surface area (Å²) in [4.78, 5) is 32.0. The number of aromatic nitrogens is 3. The number of para-hydroxylation sites is 3. The molecule has 4 atom stereocenters. The van der Waals surface area contributed by atoms with E-state index in [1.807, 2.05) is 96.0 Å². The van der Waals surface area contributed by atoms with Crippen LogP contribution in [0, 0.1) is 11.8 Å². The van der Waals surface area contributed by atoms with Crippen LogP contribution < -0.4 is 19.3 Å². The lowest BCUT2D eigenvalue weighted by Crippen LogP contribution is -2.45. The molecule has 2 amide bonds. The van der Waals surface area contributed by atoms with Crippen molar-refractivity contribution in [1.82, 2.24) is 15.0 Å². The van der Waals surface area contributed by atoms with E-state index in [0.717, 1.165) is 33.8 Å². The molecule has 54 heavy (non-hydrogen) atoms. The summed E-state index contributed by atoms with van der Waals surface area (Å²) in [6.07, 6.45) is 2.59. The van der Waals surface area contributed by atoms with Crippen molar-refractivity contribution < 1.29 is 28.9 Å². The highest BCUT2D eigenvalue weighted by Crippen LogP contribution is 2.60. The van der Waals surface area contributed by atoms with Gasteiger partial charge in [0.2, 0.25) is 0 Å². The average molecular weight is 728 g/mol. The number of methoxy groups -OCH3 is 1. The van der Waals surface area contributed by atoms with Gasteiger partial charge in [0.15, 0.2) is 12.2 Å². The lowest BCUT2D eigenvalue weighted by molar-refractivity contribution is -0.146. The van der Waals surface area contributed by atoms with E-state index in [1.54, 1.807) is 16.7 Å². The summed E-state index contributed by atoms with van der Waals surface area (Å²) in [7, 11) is 1.66. The molecule has 8 rings (SSSR count). The number of carbonyl (C=O) groups is 2. The fourth-order valence-electron chi connectivity index (χ4n) is 8.99. The maximum Gasteiger partial charge on any atom is 0.269 e. The zero-order valence-corrected chi connectivity index (χ0v) is 31.0. The monoisotopic (exact) mass is 727 g/mol. The highest BCUT2D eigenvalue weighted by Gasteiger charge is 2.65. The third kappa shape index (κ3) is 5.92. The summed E-state index contributed by atoms with van der Waals surface area (Å²) in [5.74, 6) is 0.888. The van der Waals surface area contributed by atoms with E-state index in [9.17, 15) is 9.90 Å². The van der Waals surface area contributed by atoms with Gasteiger partial charge < -0.3 is 24.2 Å². The van der Waals surface area contributed by atoms with Gasteiger partial charge in [-0.3, -0.25) is 19.2 Å². The molecule has 0 unspecified atom stereocenters. The standard InChI is InChI=1S/C43H45N5O6/c1-28-40(42(2,3)30-16-18-33(52-4)19-17-30)38(20-22-46-26-31(21-23-49)44-45-46)54-43(28)34-12-5-6-13-35(34)47(41(43)51)25-29-10-9-11-32(24-29)48-36-14-7-8-15-37(36)53-27-39(48)50/h5-19,24,26,28,38,40,49H,20-23,25,27H2,1-4H3/t28-,38+,40-,43+/m1/s1. The summed E-state index contributed by atoms with van der Waals surface area (Å²) >= 11 is 0. The normalized spacial score (nSPS) is 22.1. The Balaban J connectivity index is 1.15. The number of fused-ring (bicyclic) bond motifs is 3. The van der Waals surface area contributed by atoms with Crippen LogP contribution in [0.25, 0.3) is 0 Å². The first kappa shape index (κ1) is 35.5. The zero-order valence-electron chi connectivity index (χ0n) is 31.0. The second-order valence-electron chi connectivity index (χ2n) is 15.0. The topological polar surface area (TPSA) is 119 Å². The van der Waals surface area contributed by atoms with E-state index in [4.69, 9.17) is 14.2 Å². The number of hydrogen-bond acceptors (Lipinski definition) is 8. The Bertz CT molecular complexity index is 2180. The Hall–Kier alpha value is -5.52. The fourth-order valence-corrected chi connectivity index (χ4v) is 8.99. The second-order valence-corrected chi connectivity index (χ2v) is 15.0. The van der Waals surface area contributed by atoms with Crippen molar-refractivity contribution in [3.63, 3.8) is 0 Å². The molecule has 0 bridgehead atoms. The van der Waals surface area contributed by atoms with E-state index < -0.39 is 11.0 Å². The summed E-state index contributed by atoms with van der Waals surface area (Å²) in [6.45, 7) is 7.42. The van der Waals surface area contributed by atoms with Crippen LogP contribution in [0.5, 0.6) is 11.5 Å². The molecular weight excluding hydrogens is 683 g/mol. The maximum atomic E-state index is 15.2. The van der Waals surface area contributed by atoms with Crippen LogP contribution in [0.3, 0.4) is 0 Å². The van der Waals surface area contributed by atoms with Gasteiger partial charge in [0.05, 0.1) is 36.8 Å². The van der Waals surface area contributed by atoms with Crippen LogP contribution >= 0.6 is 0 Å². The Kier molecular flexibility index (Phi) is 9.23. The Labute approximate surface area is 315 Å². The predicted octanol–water partition coefficient (Wildman–Crippen LogP) is 6.34. The van der Waals surface area contributed by atoms with E-state index in [-0.39, 0.29) is 43.0 Å². The summed E-state index contributed by atoms with van der Waals surface area (Å²) in [6, 6.07) is 31.4. The van der Waals surface area contributed by atoms with E-state index in [0.29, 0.717) is 43.1 Å². The van der Waals surface area contributed by atoms with Crippen molar-refractivity contribution in [2.45, 2.75) is 63.8 Å². The van der Waals surface area contributed by atoms with Crippen LogP contribution in [-0.2, 0) is 44.9 Å². The highest BCUT2D eigenvalue weighted by atomic mass is 16.5. The Morgan fingerprint density at radius 3 is 2.50 bits per heavy atom. The molecule has 4 heterocycles. The molecule has 5 aromatic rings. The largest absolute Gasteiger partial charge is 0.497 e. The van der Waals surface area contributed by atoms with E-state index in [1.165, 1.54) is 0 Å². The van der Waals surface area contributed by atoms with Gasteiger partial charge in [0.1, 0.15) is 11.5 Å².